The number of anilines is 1. The van der Waals surface area contributed by atoms with E-state index in [1.807, 2.05) is 19.9 Å². The zero-order valence-corrected chi connectivity index (χ0v) is 26.3. The predicted molar refractivity (Wildman–Crippen MR) is 173 cm³/mol. The monoisotopic (exact) mass is 635 g/mol. The Morgan fingerprint density at radius 3 is 1.93 bits per heavy atom. The quantitative estimate of drug-likeness (QED) is 0.146. The normalized spacial score (nSPS) is 13.0. The van der Waals surface area contributed by atoms with Gasteiger partial charge in [0.25, 0.3) is 11.6 Å². The van der Waals surface area contributed by atoms with Crippen LogP contribution in [-0.4, -0.2) is 46.7 Å². The van der Waals surface area contributed by atoms with Gasteiger partial charge in [0.2, 0.25) is 17.7 Å². The highest BCUT2D eigenvalue weighted by Gasteiger charge is 2.32. The molecule has 0 aliphatic rings. The zero-order chi connectivity index (χ0) is 33.1. The first-order valence-electron chi connectivity index (χ1n) is 14.6. The minimum Gasteiger partial charge on any atom is -0.343 e. The summed E-state index contributed by atoms with van der Waals surface area (Å²) in [6.45, 7) is 7.37. The number of nitrogens with zero attached hydrogens (tertiary/aromatic N) is 1. The summed E-state index contributed by atoms with van der Waals surface area (Å²) < 4.78 is 0. The van der Waals surface area contributed by atoms with Crippen molar-refractivity contribution in [3.8, 4) is 0 Å². The van der Waals surface area contributed by atoms with Crippen LogP contribution in [0.4, 0.5) is 11.4 Å². The molecule has 0 radical (unpaired) electrons. The molecule has 0 aromatic heterocycles. The summed E-state index contributed by atoms with van der Waals surface area (Å²) in [6, 6.07) is 18.2. The van der Waals surface area contributed by atoms with Crippen LogP contribution >= 0.6 is 11.6 Å². The van der Waals surface area contributed by atoms with Gasteiger partial charge in [-0.1, -0.05) is 87.8 Å². The van der Waals surface area contributed by atoms with Crippen LogP contribution in [-0.2, 0) is 20.8 Å². The second-order valence-electron chi connectivity index (χ2n) is 11.4. The average Bonchev–Trinajstić information content (AvgIpc) is 3.00. The fraction of sp³-hybridized carbons (Fsp3) is 0.333. The molecule has 12 heteroatoms. The standard InChI is InChI=1S/C33H38ClN5O6/c1-20(2)17-27(37-33(43)29(21(3)4)38-30(40)23-13-9-6-10-14-23)31(41)36-28(18-22-11-7-5-8-12-22)32(42)35-26-16-15-24(39(44)45)19-25(26)34/h5-16,19-21,27-29H,17-18H2,1-4H3,(H,35,42)(H,36,41)(H,37,43)(H,38,40)/t27-,28-,29-/m0/s1. The molecule has 3 atom stereocenters. The van der Waals surface area contributed by atoms with Gasteiger partial charge < -0.3 is 21.3 Å². The summed E-state index contributed by atoms with van der Waals surface area (Å²) in [5.74, 6) is -2.43. The molecule has 4 amide bonds. The number of benzene rings is 3. The number of amides is 4. The fourth-order valence-electron chi connectivity index (χ4n) is 4.58. The SMILES string of the molecule is CC(C)C[C@H](NC(=O)[C@@H](NC(=O)c1ccccc1)C(C)C)C(=O)N[C@@H](Cc1ccccc1)C(=O)Nc1ccc([N+](=O)[O-])cc1Cl. The van der Waals surface area contributed by atoms with Crippen LogP contribution in [0.3, 0.4) is 0 Å². The van der Waals surface area contributed by atoms with Crippen LogP contribution in [0.5, 0.6) is 0 Å². The molecular formula is C33H38ClN5O6. The number of nitro groups is 1. The van der Waals surface area contributed by atoms with Gasteiger partial charge in [-0.05, 0) is 42.0 Å². The molecule has 0 saturated heterocycles. The van der Waals surface area contributed by atoms with E-state index in [0.29, 0.717) is 5.56 Å². The van der Waals surface area contributed by atoms with Crippen molar-refractivity contribution in [1.29, 1.82) is 0 Å². The number of non-ortho nitro benzene ring substituents is 1. The van der Waals surface area contributed by atoms with Gasteiger partial charge in [0, 0.05) is 24.1 Å². The van der Waals surface area contributed by atoms with E-state index in [1.165, 1.54) is 12.1 Å². The summed E-state index contributed by atoms with van der Waals surface area (Å²) in [5.41, 5.74) is 1.07. The summed E-state index contributed by atoms with van der Waals surface area (Å²) in [6.07, 6.45) is 0.385. The molecule has 0 saturated carbocycles. The largest absolute Gasteiger partial charge is 0.343 e. The minimum absolute atomic E-state index is 0.00206. The van der Waals surface area contributed by atoms with E-state index < -0.39 is 46.7 Å². The lowest BCUT2D eigenvalue weighted by molar-refractivity contribution is -0.384. The van der Waals surface area contributed by atoms with Crippen molar-refractivity contribution in [2.24, 2.45) is 11.8 Å². The fourth-order valence-corrected chi connectivity index (χ4v) is 4.81. The van der Waals surface area contributed by atoms with Gasteiger partial charge in [-0.25, -0.2) is 0 Å². The Morgan fingerprint density at radius 2 is 1.38 bits per heavy atom. The van der Waals surface area contributed by atoms with E-state index in [9.17, 15) is 29.3 Å². The first-order valence-corrected chi connectivity index (χ1v) is 15.0. The molecule has 0 unspecified atom stereocenters. The Hall–Kier alpha value is -4.77. The maximum absolute atomic E-state index is 13.7. The Morgan fingerprint density at radius 1 is 0.778 bits per heavy atom. The Bertz CT molecular complexity index is 1500. The summed E-state index contributed by atoms with van der Waals surface area (Å²) in [5, 5.41) is 22.0. The Labute approximate surface area is 267 Å². The lowest BCUT2D eigenvalue weighted by atomic mass is 9.98. The van der Waals surface area contributed by atoms with Gasteiger partial charge in [0.05, 0.1) is 15.6 Å². The molecule has 238 valence electrons. The number of carbonyl (C=O) groups excluding carboxylic acids is 4. The second-order valence-corrected chi connectivity index (χ2v) is 11.8. The molecule has 0 aliphatic heterocycles. The van der Waals surface area contributed by atoms with E-state index in [-0.39, 0.29) is 41.1 Å². The van der Waals surface area contributed by atoms with Gasteiger partial charge in [-0.15, -0.1) is 0 Å². The second kappa shape index (κ2) is 16.3. The van der Waals surface area contributed by atoms with Crippen LogP contribution in [0.1, 0.15) is 50.0 Å². The highest BCUT2D eigenvalue weighted by Crippen LogP contribution is 2.27. The summed E-state index contributed by atoms with van der Waals surface area (Å²) in [4.78, 5) is 64.0. The van der Waals surface area contributed by atoms with Crippen LogP contribution in [0.2, 0.25) is 5.02 Å². The highest BCUT2D eigenvalue weighted by atomic mass is 35.5. The number of hydrogen-bond acceptors (Lipinski definition) is 6. The highest BCUT2D eigenvalue weighted by molar-refractivity contribution is 6.34. The maximum Gasteiger partial charge on any atom is 0.271 e. The molecule has 4 N–H and O–H groups in total. The third kappa shape index (κ3) is 10.4. The van der Waals surface area contributed by atoms with E-state index in [4.69, 9.17) is 11.6 Å². The Balaban J connectivity index is 1.81. The molecule has 45 heavy (non-hydrogen) atoms. The third-order valence-corrected chi connectivity index (χ3v) is 7.26. The van der Waals surface area contributed by atoms with Crippen LogP contribution in [0.15, 0.2) is 78.9 Å². The average molecular weight is 636 g/mol. The van der Waals surface area contributed by atoms with Crippen molar-refractivity contribution in [3.63, 3.8) is 0 Å². The molecule has 3 rings (SSSR count). The number of carbonyl (C=O) groups is 4. The number of hydrogen-bond donors (Lipinski definition) is 4. The van der Waals surface area contributed by atoms with Crippen molar-refractivity contribution in [3.05, 3.63) is 105 Å². The number of rotatable bonds is 14. The van der Waals surface area contributed by atoms with Crippen molar-refractivity contribution in [2.45, 2.75) is 58.7 Å². The van der Waals surface area contributed by atoms with Gasteiger partial charge >= 0.3 is 0 Å². The van der Waals surface area contributed by atoms with Crippen LogP contribution < -0.4 is 21.3 Å². The molecule has 3 aromatic rings. The predicted octanol–water partition coefficient (Wildman–Crippen LogP) is 4.90. The number of nitrogens with one attached hydrogen (secondary N) is 4. The lowest BCUT2D eigenvalue weighted by Gasteiger charge is -2.27. The van der Waals surface area contributed by atoms with Crippen molar-refractivity contribution >= 4 is 46.6 Å². The molecule has 0 heterocycles. The zero-order valence-electron chi connectivity index (χ0n) is 25.6. The van der Waals surface area contributed by atoms with E-state index in [1.54, 1.807) is 68.4 Å². The summed E-state index contributed by atoms with van der Waals surface area (Å²) in [7, 11) is 0. The van der Waals surface area contributed by atoms with Gasteiger partial charge in [0.15, 0.2) is 0 Å². The molecule has 0 aliphatic carbocycles. The van der Waals surface area contributed by atoms with E-state index in [2.05, 4.69) is 21.3 Å². The molecular weight excluding hydrogens is 598 g/mol. The third-order valence-electron chi connectivity index (χ3n) is 6.95. The first-order chi connectivity index (χ1) is 21.3. The topological polar surface area (TPSA) is 160 Å². The maximum atomic E-state index is 13.7. The van der Waals surface area contributed by atoms with Crippen molar-refractivity contribution < 1.29 is 24.1 Å². The van der Waals surface area contributed by atoms with Crippen LogP contribution in [0.25, 0.3) is 0 Å². The van der Waals surface area contributed by atoms with E-state index in [0.717, 1.165) is 11.6 Å². The van der Waals surface area contributed by atoms with Gasteiger partial charge in [-0.3, -0.25) is 29.3 Å². The van der Waals surface area contributed by atoms with Gasteiger partial charge in [-0.2, -0.15) is 0 Å². The first kappa shape index (κ1) is 34.7. The minimum atomic E-state index is -1.09. The van der Waals surface area contributed by atoms with E-state index >= 15 is 0 Å². The summed E-state index contributed by atoms with van der Waals surface area (Å²) >= 11 is 6.20. The number of nitro benzene ring substituents is 1. The Kier molecular flexibility index (Phi) is 12.6. The molecule has 0 bridgehead atoms. The molecule has 0 fully saturated rings. The van der Waals surface area contributed by atoms with Crippen molar-refractivity contribution in [1.82, 2.24) is 16.0 Å². The van der Waals surface area contributed by atoms with Gasteiger partial charge in [0.1, 0.15) is 18.1 Å². The molecule has 11 nitrogen and oxygen atoms in total. The lowest BCUT2D eigenvalue weighted by Crippen LogP contribution is -2.57. The van der Waals surface area contributed by atoms with Crippen molar-refractivity contribution in [2.75, 3.05) is 5.32 Å². The smallest absolute Gasteiger partial charge is 0.271 e. The molecule has 3 aromatic carbocycles. The molecule has 0 spiro atoms. The van der Waals surface area contributed by atoms with Crippen LogP contribution in [0, 0.1) is 22.0 Å². The number of halogens is 1.